The van der Waals surface area contributed by atoms with Gasteiger partial charge in [0.25, 0.3) is 0 Å². The predicted octanol–water partition coefficient (Wildman–Crippen LogP) is 6.64. The van der Waals surface area contributed by atoms with E-state index in [1.54, 1.807) is 0 Å². The molecule has 0 radical (unpaired) electrons. The van der Waals surface area contributed by atoms with E-state index in [9.17, 15) is 0 Å². The normalized spacial score (nSPS) is 28.7. The summed E-state index contributed by atoms with van der Waals surface area (Å²) in [6, 6.07) is 28.7. The molecule has 3 aromatic carbocycles. The Morgan fingerprint density at radius 3 is 2.39 bits per heavy atom. The minimum Gasteiger partial charge on any atom is -0.373 e. The van der Waals surface area contributed by atoms with Crippen LogP contribution in [0.2, 0.25) is 5.02 Å². The topological polar surface area (TPSA) is 3.24 Å². The zero-order valence-electron chi connectivity index (χ0n) is 16.5. The number of hydrogen-bond acceptors (Lipinski definition) is 1. The summed E-state index contributed by atoms with van der Waals surface area (Å²) in [6.45, 7) is 3.48. The average Bonchev–Trinajstić information content (AvgIpc) is 3.17. The number of anilines is 1. The van der Waals surface area contributed by atoms with Gasteiger partial charge in [-0.2, -0.15) is 0 Å². The van der Waals surface area contributed by atoms with Gasteiger partial charge < -0.3 is 4.90 Å². The summed E-state index contributed by atoms with van der Waals surface area (Å²) in [5, 5.41) is 0.836. The van der Waals surface area contributed by atoms with Crippen LogP contribution in [0.1, 0.15) is 41.9 Å². The van der Waals surface area contributed by atoms with Crippen LogP contribution in [0.3, 0.4) is 0 Å². The first-order valence-corrected chi connectivity index (χ1v) is 10.6. The van der Waals surface area contributed by atoms with E-state index in [4.69, 9.17) is 11.6 Å². The third-order valence-corrected chi connectivity index (χ3v) is 7.31. The Bertz CT molecular complexity index is 998. The molecule has 5 rings (SSSR count). The van der Waals surface area contributed by atoms with Crippen LogP contribution in [0.15, 0.2) is 78.9 Å². The third-order valence-electron chi connectivity index (χ3n) is 7.08. The third kappa shape index (κ3) is 2.53. The predicted molar refractivity (Wildman–Crippen MR) is 119 cm³/mol. The van der Waals surface area contributed by atoms with Crippen molar-refractivity contribution in [3.8, 4) is 0 Å². The average molecular weight is 388 g/mol. The molecule has 3 aromatic rings. The van der Waals surface area contributed by atoms with Gasteiger partial charge in [0.05, 0.1) is 0 Å². The van der Waals surface area contributed by atoms with Crippen LogP contribution < -0.4 is 4.90 Å². The Labute approximate surface area is 173 Å². The van der Waals surface area contributed by atoms with Crippen molar-refractivity contribution < 1.29 is 0 Å². The zero-order valence-corrected chi connectivity index (χ0v) is 17.2. The molecule has 142 valence electrons. The van der Waals surface area contributed by atoms with Crippen LogP contribution in [-0.2, 0) is 5.41 Å². The van der Waals surface area contributed by atoms with E-state index in [-0.39, 0.29) is 5.41 Å². The maximum atomic E-state index is 6.44. The molecule has 1 spiro atoms. The van der Waals surface area contributed by atoms with Gasteiger partial charge in [-0.25, -0.2) is 0 Å². The van der Waals surface area contributed by atoms with Gasteiger partial charge in [0.15, 0.2) is 0 Å². The van der Waals surface area contributed by atoms with Crippen molar-refractivity contribution in [3.05, 3.63) is 101 Å². The van der Waals surface area contributed by atoms with Crippen molar-refractivity contribution in [2.45, 2.75) is 30.6 Å². The number of halogens is 1. The first-order chi connectivity index (χ1) is 13.6. The van der Waals surface area contributed by atoms with Crippen molar-refractivity contribution in [2.24, 2.45) is 5.92 Å². The molecular formula is C26H26ClN. The molecule has 2 heteroatoms. The summed E-state index contributed by atoms with van der Waals surface area (Å²) in [4.78, 5) is 2.46. The molecule has 0 saturated heterocycles. The van der Waals surface area contributed by atoms with Crippen molar-refractivity contribution in [1.29, 1.82) is 0 Å². The maximum absolute atomic E-state index is 6.44. The first-order valence-electron chi connectivity index (χ1n) is 10.2. The van der Waals surface area contributed by atoms with Crippen molar-refractivity contribution >= 4 is 17.3 Å². The smallest absolute Gasteiger partial charge is 0.0408 e. The highest BCUT2D eigenvalue weighted by Gasteiger charge is 2.59. The number of hydrogen-bond donors (Lipinski definition) is 0. The van der Waals surface area contributed by atoms with Crippen LogP contribution in [0.4, 0.5) is 5.69 Å². The molecule has 1 aliphatic heterocycles. The fraction of sp³-hybridized carbons (Fsp3) is 0.308. The molecule has 1 heterocycles. The zero-order chi connectivity index (χ0) is 19.3. The summed E-state index contributed by atoms with van der Waals surface area (Å²) < 4.78 is 0. The van der Waals surface area contributed by atoms with Gasteiger partial charge >= 0.3 is 0 Å². The number of likely N-dealkylation sites (N-methyl/N-ethyl adjacent to an activating group) is 1. The van der Waals surface area contributed by atoms with E-state index >= 15 is 0 Å². The molecule has 1 aliphatic carbocycles. The molecular weight excluding hydrogens is 362 g/mol. The minimum atomic E-state index is 0.0663. The van der Waals surface area contributed by atoms with Gasteiger partial charge in [0.1, 0.15) is 0 Å². The lowest BCUT2D eigenvalue weighted by Crippen LogP contribution is -2.39. The van der Waals surface area contributed by atoms with Crippen LogP contribution in [-0.4, -0.2) is 13.6 Å². The van der Waals surface area contributed by atoms with Gasteiger partial charge in [0.2, 0.25) is 0 Å². The van der Waals surface area contributed by atoms with E-state index in [2.05, 4.69) is 91.7 Å². The summed E-state index contributed by atoms with van der Waals surface area (Å²) in [7, 11) is 2.24. The summed E-state index contributed by atoms with van der Waals surface area (Å²) in [5.41, 5.74) is 5.79. The molecule has 2 aliphatic rings. The number of rotatable bonds is 2. The van der Waals surface area contributed by atoms with Gasteiger partial charge in [-0.1, -0.05) is 79.2 Å². The largest absolute Gasteiger partial charge is 0.373 e. The second kappa shape index (κ2) is 6.67. The Hall–Kier alpha value is -2.25. The van der Waals surface area contributed by atoms with Crippen LogP contribution >= 0.6 is 11.6 Å². The molecule has 0 bridgehead atoms. The summed E-state index contributed by atoms with van der Waals surface area (Å²) in [6.07, 6.45) is 1.20. The summed E-state index contributed by atoms with van der Waals surface area (Å²) >= 11 is 6.44. The lowest BCUT2D eigenvalue weighted by Gasteiger charge is -2.39. The molecule has 4 unspecified atom stereocenters. The number of para-hydroxylation sites is 1. The lowest BCUT2D eigenvalue weighted by molar-refractivity contribution is 0.356. The Balaban J connectivity index is 1.76. The summed E-state index contributed by atoms with van der Waals surface area (Å²) in [5.74, 6) is 1.53. The Morgan fingerprint density at radius 2 is 1.61 bits per heavy atom. The Morgan fingerprint density at radius 1 is 0.893 bits per heavy atom. The standard InChI is InChI=1S/C26H26ClN/c1-18-15-23(19-9-4-3-5-10-19)26(25(18)20-11-8-12-21(27)16-20)17-28(2)24-14-7-6-13-22(24)26/h3-14,16,18,23,25H,15,17H2,1-2H3. The van der Waals surface area contributed by atoms with Gasteiger partial charge in [-0.05, 0) is 59.1 Å². The fourth-order valence-corrected chi connectivity index (χ4v) is 6.41. The highest BCUT2D eigenvalue weighted by atomic mass is 35.5. The first kappa shape index (κ1) is 17.8. The molecule has 4 atom stereocenters. The monoisotopic (exact) mass is 387 g/mol. The van der Waals surface area contributed by atoms with Crippen LogP contribution in [0, 0.1) is 5.92 Å². The maximum Gasteiger partial charge on any atom is 0.0408 e. The minimum absolute atomic E-state index is 0.0663. The molecule has 1 nitrogen and oxygen atoms in total. The highest BCUT2D eigenvalue weighted by Crippen LogP contribution is 2.64. The quantitative estimate of drug-likeness (QED) is 0.476. The van der Waals surface area contributed by atoms with E-state index in [1.807, 2.05) is 6.07 Å². The Kier molecular flexibility index (Phi) is 4.25. The van der Waals surface area contributed by atoms with Crippen molar-refractivity contribution in [3.63, 3.8) is 0 Å². The van der Waals surface area contributed by atoms with Crippen LogP contribution in [0.25, 0.3) is 0 Å². The van der Waals surface area contributed by atoms with Gasteiger partial charge in [-0.3, -0.25) is 0 Å². The van der Waals surface area contributed by atoms with Crippen LogP contribution in [0.5, 0.6) is 0 Å². The number of fused-ring (bicyclic) bond motifs is 2. The molecule has 0 N–H and O–H groups in total. The lowest BCUT2D eigenvalue weighted by atomic mass is 9.64. The van der Waals surface area contributed by atoms with Crippen molar-refractivity contribution in [1.82, 2.24) is 0 Å². The molecule has 28 heavy (non-hydrogen) atoms. The molecule has 1 fully saturated rings. The second-order valence-electron chi connectivity index (χ2n) is 8.62. The van der Waals surface area contributed by atoms with E-state index < -0.39 is 0 Å². The number of nitrogens with zero attached hydrogens (tertiary/aromatic N) is 1. The molecule has 0 amide bonds. The van der Waals surface area contributed by atoms with Crippen molar-refractivity contribution in [2.75, 3.05) is 18.5 Å². The second-order valence-corrected chi connectivity index (χ2v) is 9.06. The van der Waals surface area contributed by atoms with Gasteiger partial charge in [-0.15, -0.1) is 0 Å². The molecule has 0 aromatic heterocycles. The fourth-order valence-electron chi connectivity index (χ4n) is 6.21. The van der Waals surface area contributed by atoms with E-state index in [0.29, 0.717) is 17.8 Å². The van der Waals surface area contributed by atoms with E-state index in [0.717, 1.165) is 11.6 Å². The molecule has 1 saturated carbocycles. The SMILES string of the molecule is CC1CC(c2ccccc2)C2(CN(C)c3ccccc32)C1c1cccc(Cl)c1. The van der Waals surface area contributed by atoms with Gasteiger partial charge in [0, 0.05) is 29.7 Å². The highest BCUT2D eigenvalue weighted by molar-refractivity contribution is 6.30. The van der Waals surface area contributed by atoms with E-state index in [1.165, 1.54) is 28.8 Å². The number of benzene rings is 3.